The highest BCUT2D eigenvalue weighted by atomic mass is 35.5. The summed E-state index contributed by atoms with van der Waals surface area (Å²) in [6.07, 6.45) is 2.70. The molecule has 0 unspecified atom stereocenters. The highest BCUT2D eigenvalue weighted by molar-refractivity contribution is 7.92. The molecule has 0 aliphatic carbocycles. The predicted octanol–water partition coefficient (Wildman–Crippen LogP) is 1.33. The molecule has 0 saturated heterocycles. The average Bonchev–Trinajstić information content (AvgIpc) is 2.74. The van der Waals surface area contributed by atoms with E-state index in [4.69, 9.17) is 17.3 Å². The maximum atomic E-state index is 12.1. The van der Waals surface area contributed by atoms with Gasteiger partial charge in [-0.25, -0.2) is 13.4 Å². The quantitative estimate of drug-likeness (QED) is 0.829. The van der Waals surface area contributed by atoms with E-state index < -0.39 is 10.0 Å². The summed E-state index contributed by atoms with van der Waals surface area (Å²) in [6, 6.07) is 2.99. The molecule has 2 heterocycles. The van der Waals surface area contributed by atoms with Gasteiger partial charge in [-0.2, -0.15) is 5.10 Å². The van der Waals surface area contributed by atoms with E-state index in [0.717, 1.165) is 0 Å². The van der Waals surface area contributed by atoms with E-state index in [9.17, 15) is 8.42 Å². The van der Waals surface area contributed by atoms with Gasteiger partial charge in [-0.1, -0.05) is 11.6 Å². The van der Waals surface area contributed by atoms with Crippen LogP contribution in [0.25, 0.3) is 0 Å². The number of pyridine rings is 1. The second kappa shape index (κ2) is 5.06. The van der Waals surface area contributed by atoms with E-state index >= 15 is 0 Å². The van der Waals surface area contributed by atoms with Crippen molar-refractivity contribution >= 4 is 33.1 Å². The van der Waals surface area contributed by atoms with Crippen LogP contribution in [0.1, 0.15) is 6.92 Å². The number of sulfonamides is 1. The topological polar surface area (TPSA) is 103 Å². The Balaban J connectivity index is 2.31. The molecular formula is C10H12ClN5O2S. The summed E-state index contributed by atoms with van der Waals surface area (Å²) in [6.45, 7) is 2.36. The minimum Gasteiger partial charge on any atom is -0.381 e. The zero-order chi connectivity index (χ0) is 14.0. The Morgan fingerprint density at radius 2 is 2.21 bits per heavy atom. The van der Waals surface area contributed by atoms with Crippen LogP contribution < -0.4 is 10.5 Å². The van der Waals surface area contributed by atoms with E-state index in [2.05, 4.69) is 14.8 Å². The number of aromatic nitrogens is 3. The zero-order valence-corrected chi connectivity index (χ0v) is 11.6. The first-order valence-electron chi connectivity index (χ1n) is 5.39. The van der Waals surface area contributed by atoms with E-state index in [0.29, 0.717) is 12.2 Å². The monoisotopic (exact) mass is 301 g/mol. The fourth-order valence-electron chi connectivity index (χ4n) is 1.43. The number of hydrogen-bond donors (Lipinski definition) is 2. The van der Waals surface area contributed by atoms with Gasteiger partial charge in [-0.3, -0.25) is 9.40 Å². The number of nitrogens with one attached hydrogen (secondary N) is 1. The largest absolute Gasteiger partial charge is 0.381 e. The van der Waals surface area contributed by atoms with Crippen molar-refractivity contribution in [1.29, 1.82) is 0 Å². The molecule has 0 aliphatic heterocycles. The molecule has 7 nitrogen and oxygen atoms in total. The van der Waals surface area contributed by atoms with E-state index in [-0.39, 0.29) is 15.9 Å². The summed E-state index contributed by atoms with van der Waals surface area (Å²) in [7, 11) is -3.79. The van der Waals surface area contributed by atoms with Crippen LogP contribution in [-0.4, -0.2) is 23.2 Å². The first kappa shape index (κ1) is 13.6. The van der Waals surface area contributed by atoms with Crippen LogP contribution in [0, 0.1) is 0 Å². The van der Waals surface area contributed by atoms with Crippen LogP contribution in [0.3, 0.4) is 0 Å². The van der Waals surface area contributed by atoms with Crippen LogP contribution >= 0.6 is 11.6 Å². The number of halogens is 1. The number of anilines is 2. The molecule has 2 aromatic rings. The number of nitrogen functional groups attached to an aromatic ring is 1. The lowest BCUT2D eigenvalue weighted by atomic mass is 10.4. The van der Waals surface area contributed by atoms with E-state index in [1.807, 2.05) is 6.92 Å². The summed E-state index contributed by atoms with van der Waals surface area (Å²) in [5, 5.41) is 4.17. The van der Waals surface area contributed by atoms with Gasteiger partial charge >= 0.3 is 0 Å². The number of hydrogen-bond acceptors (Lipinski definition) is 5. The van der Waals surface area contributed by atoms with Gasteiger partial charge in [0.05, 0.1) is 11.9 Å². The zero-order valence-electron chi connectivity index (χ0n) is 10.0. The van der Waals surface area contributed by atoms with Crippen molar-refractivity contribution in [3.63, 3.8) is 0 Å². The molecule has 0 saturated carbocycles. The van der Waals surface area contributed by atoms with Crippen LogP contribution in [0.15, 0.2) is 29.4 Å². The summed E-state index contributed by atoms with van der Waals surface area (Å²) in [4.78, 5) is 3.72. The average molecular weight is 302 g/mol. The predicted molar refractivity (Wildman–Crippen MR) is 72.4 cm³/mol. The smallest absolute Gasteiger partial charge is 0.267 e. The summed E-state index contributed by atoms with van der Waals surface area (Å²) < 4.78 is 28.1. The third-order valence-corrected chi connectivity index (χ3v) is 3.97. The van der Waals surface area contributed by atoms with Gasteiger partial charge in [0, 0.05) is 12.7 Å². The van der Waals surface area contributed by atoms with Crippen molar-refractivity contribution in [2.75, 3.05) is 10.5 Å². The van der Waals surface area contributed by atoms with E-state index in [1.165, 1.54) is 29.2 Å². The lowest BCUT2D eigenvalue weighted by molar-refractivity contribution is 0.600. The van der Waals surface area contributed by atoms with Crippen LogP contribution in [0.4, 0.5) is 11.5 Å². The Morgan fingerprint density at radius 1 is 1.47 bits per heavy atom. The summed E-state index contributed by atoms with van der Waals surface area (Å²) in [5.74, 6) is -0.0451. The van der Waals surface area contributed by atoms with Gasteiger partial charge in [0.1, 0.15) is 10.0 Å². The van der Waals surface area contributed by atoms with Crippen molar-refractivity contribution < 1.29 is 8.42 Å². The van der Waals surface area contributed by atoms with Crippen molar-refractivity contribution in [3.8, 4) is 0 Å². The Labute approximate surface area is 115 Å². The maximum absolute atomic E-state index is 12.1. The lowest BCUT2D eigenvalue weighted by Crippen LogP contribution is -2.14. The Hall–Kier alpha value is -1.80. The second-order valence-corrected chi connectivity index (χ2v) is 5.75. The molecule has 102 valence electrons. The van der Waals surface area contributed by atoms with Crippen LogP contribution in [0.5, 0.6) is 0 Å². The van der Waals surface area contributed by atoms with Crippen LogP contribution in [0.2, 0.25) is 5.15 Å². The molecule has 0 spiro atoms. The minimum absolute atomic E-state index is 0.0451. The molecule has 3 N–H and O–H groups in total. The highest BCUT2D eigenvalue weighted by Crippen LogP contribution is 2.20. The number of rotatable bonds is 4. The SMILES string of the molecule is CCn1cc(S(=O)(=O)Nc2ccc(Cl)nc2)c(N)n1. The normalized spacial score (nSPS) is 11.5. The Bertz CT molecular complexity index is 680. The maximum Gasteiger partial charge on any atom is 0.267 e. The number of nitrogens with two attached hydrogens (primary N) is 1. The molecule has 2 aromatic heterocycles. The Morgan fingerprint density at radius 3 is 2.74 bits per heavy atom. The van der Waals surface area contributed by atoms with Gasteiger partial charge < -0.3 is 5.73 Å². The van der Waals surface area contributed by atoms with Gasteiger partial charge in [-0.15, -0.1) is 0 Å². The molecule has 0 aliphatic rings. The molecule has 19 heavy (non-hydrogen) atoms. The van der Waals surface area contributed by atoms with Crippen molar-refractivity contribution in [2.45, 2.75) is 18.4 Å². The molecule has 0 atom stereocenters. The minimum atomic E-state index is -3.79. The lowest BCUT2D eigenvalue weighted by Gasteiger charge is -2.06. The molecule has 0 bridgehead atoms. The first-order valence-corrected chi connectivity index (χ1v) is 7.26. The second-order valence-electron chi connectivity index (χ2n) is 3.71. The number of aryl methyl sites for hydroxylation is 1. The summed E-state index contributed by atoms with van der Waals surface area (Å²) >= 11 is 5.63. The molecular weight excluding hydrogens is 290 g/mol. The molecule has 0 amide bonds. The molecule has 0 aromatic carbocycles. The fourth-order valence-corrected chi connectivity index (χ4v) is 2.66. The van der Waals surface area contributed by atoms with Crippen molar-refractivity contribution in [1.82, 2.24) is 14.8 Å². The molecule has 0 radical (unpaired) electrons. The van der Waals surface area contributed by atoms with Crippen molar-refractivity contribution in [3.05, 3.63) is 29.7 Å². The van der Waals surface area contributed by atoms with Crippen LogP contribution in [-0.2, 0) is 16.6 Å². The Kier molecular flexibility index (Phi) is 3.63. The van der Waals surface area contributed by atoms with Gasteiger partial charge in [-0.05, 0) is 19.1 Å². The highest BCUT2D eigenvalue weighted by Gasteiger charge is 2.21. The third kappa shape index (κ3) is 2.96. The van der Waals surface area contributed by atoms with Gasteiger partial charge in [0.25, 0.3) is 10.0 Å². The van der Waals surface area contributed by atoms with Gasteiger partial charge in [0.15, 0.2) is 5.82 Å². The number of nitrogens with zero attached hydrogens (tertiary/aromatic N) is 3. The standard InChI is InChI=1S/C10H12ClN5O2S/c1-2-16-6-8(10(12)14-16)19(17,18)15-7-3-4-9(11)13-5-7/h3-6,15H,2H2,1H3,(H2,12,14). The van der Waals surface area contributed by atoms with Crippen molar-refractivity contribution in [2.24, 2.45) is 0 Å². The summed E-state index contributed by atoms with van der Waals surface area (Å²) in [5.41, 5.74) is 5.89. The van der Waals surface area contributed by atoms with E-state index in [1.54, 1.807) is 0 Å². The third-order valence-electron chi connectivity index (χ3n) is 2.35. The fraction of sp³-hybridized carbons (Fsp3) is 0.200. The van der Waals surface area contributed by atoms with Gasteiger partial charge in [0.2, 0.25) is 0 Å². The first-order chi connectivity index (χ1) is 8.92. The molecule has 2 rings (SSSR count). The molecule has 0 fully saturated rings. The molecule has 9 heteroatoms.